The number of anilines is 1. The number of nitrogens with zero attached hydrogens (tertiary/aromatic N) is 1. The van der Waals surface area contributed by atoms with Crippen LogP contribution in [0.15, 0.2) is 77.2 Å². The average Bonchev–Trinajstić information content (AvgIpc) is 2.83. The van der Waals surface area contributed by atoms with Crippen molar-refractivity contribution >= 4 is 27.8 Å². The summed E-state index contributed by atoms with van der Waals surface area (Å²) < 4.78 is 36.3. The van der Waals surface area contributed by atoms with E-state index in [-0.39, 0.29) is 21.8 Å². The normalized spacial score (nSPS) is 11.4. The molecule has 0 aliphatic rings. The minimum Gasteiger partial charge on any atom is -0.497 e. The summed E-state index contributed by atoms with van der Waals surface area (Å²) >= 11 is 0. The molecule has 3 aromatic rings. The Morgan fingerprint density at radius 3 is 2.44 bits per heavy atom. The van der Waals surface area contributed by atoms with E-state index in [1.54, 1.807) is 30.3 Å². The maximum Gasteiger partial charge on any atom is 0.339 e. The van der Waals surface area contributed by atoms with Crippen LogP contribution in [-0.4, -0.2) is 21.4 Å². The van der Waals surface area contributed by atoms with Gasteiger partial charge in [-0.3, -0.25) is 4.79 Å². The number of carbonyl (C=O) groups excluding carboxylic acids is 1. The zero-order valence-corrected chi connectivity index (χ0v) is 19.8. The molecule has 0 bridgehead atoms. The van der Waals surface area contributed by atoms with Gasteiger partial charge in [-0.25, -0.2) is 0 Å². The Kier molecular flexibility index (Phi) is 7.71. The topological polar surface area (TPSA) is 105 Å². The standard InChI is InChI=1S/C26H24N2O5S/c1-4-19-7-5-6-8-24(19)28-26(29)21(17-27)15-20-11-12-22(32-3)16-25(20)33-34(30,31)23-13-9-18(2)10-14-23/h5-16H,4H2,1-3H3,(H,28,29)/b21-15+. The zero-order valence-electron chi connectivity index (χ0n) is 19.0. The van der Waals surface area contributed by atoms with Gasteiger partial charge in [-0.05, 0) is 55.3 Å². The predicted octanol–water partition coefficient (Wildman–Crippen LogP) is 4.88. The van der Waals surface area contributed by atoms with E-state index in [0.717, 1.165) is 11.1 Å². The number of methoxy groups -OCH3 is 1. The summed E-state index contributed by atoms with van der Waals surface area (Å²) in [5.41, 5.74) is 2.44. The van der Waals surface area contributed by atoms with Gasteiger partial charge >= 0.3 is 10.1 Å². The molecule has 0 spiro atoms. The van der Waals surface area contributed by atoms with Gasteiger partial charge < -0.3 is 14.2 Å². The van der Waals surface area contributed by atoms with Crippen LogP contribution in [0.3, 0.4) is 0 Å². The molecule has 0 radical (unpaired) electrons. The Morgan fingerprint density at radius 2 is 1.79 bits per heavy atom. The molecule has 0 saturated carbocycles. The molecule has 0 heterocycles. The number of hydrogen-bond donors (Lipinski definition) is 1. The highest BCUT2D eigenvalue weighted by Gasteiger charge is 2.20. The second-order valence-electron chi connectivity index (χ2n) is 7.39. The van der Waals surface area contributed by atoms with Crippen LogP contribution in [0, 0.1) is 18.3 Å². The van der Waals surface area contributed by atoms with E-state index in [4.69, 9.17) is 8.92 Å². The van der Waals surface area contributed by atoms with Gasteiger partial charge in [-0.2, -0.15) is 13.7 Å². The van der Waals surface area contributed by atoms with E-state index in [2.05, 4.69) is 5.32 Å². The largest absolute Gasteiger partial charge is 0.497 e. The van der Waals surface area contributed by atoms with Crippen molar-refractivity contribution in [1.82, 2.24) is 0 Å². The summed E-state index contributed by atoms with van der Waals surface area (Å²) in [5.74, 6) is -0.341. The number of carbonyl (C=O) groups is 1. The van der Waals surface area contributed by atoms with Crippen LogP contribution in [0.5, 0.6) is 11.5 Å². The summed E-state index contributed by atoms with van der Waals surface area (Å²) in [5, 5.41) is 12.4. The van der Waals surface area contributed by atoms with Crippen molar-refractivity contribution in [2.45, 2.75) is 25.2 Å². The third kappa shape index (κ3) is 5.82. The smallest absolute Gasteiger partial charge is 0.339 e. The second-order valence-corrected chi connectivity index (χ2v) is 8.94. The predicted molar refractivity (Wildman–Crippen MR) is 130 cm³/mol. The molecule has 0 saturated heterocycles. The molecule has 3 aromatic carbocycles. The first-order chi connectivity index (χ1) is 16.3. The van der Waals surface area contributed by atoms with Crippen LogP contribution in [0.1, 0.15) is 23.6 Å². The lowest BCUT2D eigenvalue weighted by atomic mass is 10.1. The lowest BCUT2D eigenvalue weighted by Crippen LogP contribution is -2.15. The van der Waals surface area contributed by atoms with Crippen LogP contribution in [0.2, 0.25) is 0 Å². The summed E-state index contributed by atoms with van der Waals surface area (Å²) in [6.07, 6.45) is 1.98. The fraction of sp³-hybridized carbons (Fsp3) is 0.154. The van der Waals surface area contributed by atoms with Crippen molar-refractivity contribution < 1.29 is 22.1 Å². The lowest BCUT2D eigenvalue weighted by Gasteiger charge is -2.12. The molecule has 0 fully saturated rings. The van der Waals surface area contributed by atoms with E-state index in [1.807, 2.05) is 32.0 Å². The number of hydrogen-bond acceptors (Lipinski definition) is 6. The molecule has 1 N–H and O–H groups in total. The van der Waals surface area contributed by atoms with Crippen molar-refractivity contribution in [2.24, 2.45) is 0 Å². The Bertz CT molecular complexity index is 1370. The van der Waals surface area contributed by atoms with Gasteiger partial charge in [0.2, 0.25) is 0 Å². The van der Waals surface area contributed by atoms with Crippen molar-refractivity contribution in [2.75, 3.05) is 12.4 Å². The maximum atomic E-state index is 12.8. The number of ether oxygens (including phenoxy) is 1. The van der Waals surface area contributed by atoms with Crippen LogP contribution in [-0.2, 0) is 21.3 Å². The van der Waals surface area contributed by atoms with Crippen LogP contribution >= 0.6 is 0 Å². The molecule has 0 aliphatic carbocycles. The Balaban J connectivity index is 1.97. The molecular weight excluding hydrogens is 452 g/mol. The summed E-state index contributed by atoms with van der Waals surface area (Å²) in [6.45, 7) is 3.80. The molecule has 8 heteroatoms. The van der Waals surface area contributed by atoms with E-state index >= 15 is 0 Å². The highest BCUT2D eigenvalue weighted by atomic mass is 32.2. The van der Waals surface area contributed by atoms with E-state index < -0.39 is 16.0 Å². The first-order valence-corrected chi connectivity index (χ1v) is 11.9. The number of nitrogens with one attached hydrogen (secondary N) is 1. The molecule has 0 aliphatic heterocycles. The van der Waals surface area contributed by atoms with Crippen molar-refractivity contribution in [3.8, 4) is 17.6 Å². The summed E-state index contributed by atoms with van der Waals surface area (Å²) in [4.78, 5) is 12.8. The molecule has 7 nitrogen and oxygen atoms in total. The first kappa shape index (κ1) is 24.6. The highest BCUT2D eigenvalue weighted by Crippen LogP contribution is 2.30. The van der Waals surface area contributed by atoms with Gasteiger partial charge in [-0.1, -0.05) is 42.8 Å². The van der Waals surface area contributed by atoms with Crippen molar-refractivity contribution in [1.29, 1.82) is 5.26 Å². The molecule has 0 atom stereocenters. The zero-order chi connectivity index (χ0) is 24.7. The monoisotopic (exact) mass is 476 g/mol. The SMILES string of the molecule is CCc1ccccc1NC(=O)/C(C#N)=C/c1ccc(OC)cc1OS(=O)(=O)c1ccc(C)cc1. The quantitative estimate of drug-likeness (QED) is 0.282. The fourth-order valence-corrected chi connectivity index (χ4v) is 4.09. The van der Waals surface area contributed by atoms with Gasteiger partial charge in [0.25, 0.3) is 5.91 Å². The Morgan fingerprint density at radius 1 is 1.09 bits per heavy atom. The molecule has 174 valence electrons. The summed E-state index contributed by atoms with van der Waals surface area (Å²) in [6, 6.07) is 19.9. The molecular formula is C26H24N2O5S. The summed E-state index contributed by atoms with van der Waals surface area (Å²) in [7, 11) is -2.73. The maximum absolute atomic E-state index is 12.8. The molecule has 0 unspecified atom stereocenters. The van der Waals surface area contributed by atoms with Gasteiger partial charge in [-0.15, -0.1) is 0 Å². The molecule has 1 amide bonds. The number of para-hydroxylation sites is 1. The highest BCUT2D eigenvalue weighted by molar-refractivity contribution is 7.87. The number of amides is 1. The molecule has 0 aromatic heterocycles. The third-order valence-electron chi connectivity index (χ3n) is 5.04. The molecule has 3 rings (SSSR count). The number of aryl methyl sites for hydroxylation is 2. The van der Waals surface area contributed by atoms with Gasteiger partial charge in [0.15, 0.2) is 5.75 Å². The van der Waals surface area contributed by atoms with Crippen molar-refractivity contribution in [3.63, 3.8) is 0 Å². The minimum atomic E-state index is -4.17. The van der Waals surface area contributed by atoms with Crippen LogP contribution in [0.25, 0.3) is 6.08 Å². The number of rotatable bonds is 8. The van der Waals surface area contributed by atoms with E-state index in [1.165, 1.54) is 37.5 Å². The van der Waals surface area contributed by atoms with E-state index in [0.29, 0.717) is 17.9 Å². The van der Waals surface area contributed by atoms with Crippen LogP contribution < -0.4 is 14.2 Å². The second kappa shape index (κ2) is 10.7. The van der Waals surface area contributed by atoms with Crippen molar-refractivity contribution in [3.05, 3.63) is 89.0 Å². The molecule has 34 heavy (non-hydrogen) atoms. The Hall–Kier alpha value is -4.09. The van der Waals surface area contributed by atoms with Crippen LogP contribution in [0.4, 0.5) is 5.69 Å². The van der Waals surface area contributed by atoms with Gasteiger partial charge in [0.05, 0.1) is 7.11 Å². The number of benzene rings is 3. The third-order valence-corrected chi connectivity index (χ3v) is 6.29. The lowest BCUT2D eigenvalue weighted by molar-refractivity contribution is -0.112. The first-order valence-electron chi connectivity index (χ1n) is 10.5. The van der Waals surface area contributed by atoms with Gasteiger partial charge in [0.1, 0.15) is 22.3 Å². The number of nitriles is 1. The van der Waals surface area contributed by atoms with E-state index in [9.17, 15) is 18.5 Å². The Labute approximate surface area is 199 Å². The fourth-order valence-electron chi connectivity index (χ4n) is 3.15. The minimum absolute atomic E-state index is 0.0229. The van der Waals surface area contributed by atoms with Gasteiger partial charge in [0, 0.05) is 17.3 Å². The average molecular weight is 477 g/mol.